The van der Waals surface area contributed by atoms with E-state index in [1.54, 1.807) is 36.5 Å². The van der Waals surface area contributed by atoms with Crippen LogP contribution in [-0.4, -0.2) is 55.0 Å². The summed E-state index contributed by atoms with van der Waals surface area (Å²) in [5.41, 5.74) is 5.34. The predicted molar refractivity (Wildman–Crippen MR) is 136 cm³/mol. The Hall–Kier alpha value is -3.51. The number of nitrogens with zero attached hydrogens (tertiary/aromatic N) is 3. The van der Waals surface area contributed by atoms with Crippen LogP contribution in [0.5, 0.6) is 5.75 Å². The number of rotatable bonds is 12. The van der Waals surface area contributed by atoms with Crippen molar-refractivity contribution in [1.82, 2.24) is 24.6 Å². The van der Waals surface area contributed by atoms with E-state index in [1.165, 1.54) is 10.9 Å². The van der Waals surface area contributed by atoms with Crippen LogP contribution in [0, 0.1) is 11.3 Å². The summed E-state index contributed by atoms with van der Waals surface area (Å²) in [5, 5.41) is 22.4. The Morgan fingerprint density at radius 2 is 2.11 bits per heavy atom. The molecule has 6 N–H and O–H groups in total. The van der Waals surface area contributed by atoms with Gasteiger partial charge in [-0.15, -0.1) is 0 Å². The number of aromatic amines is 1. The van der Waals surface area contributed by atoms with Crippen molar-refractivity contribution in [3.8, 4) is 5.75 Å². The number of nitrogen functional groups attached to an aromatic ring is 1. The first-order valence-corrected chi connectivity index (χ1v) is 13.1. The highest BCUT2D eigenvalue weighted by atomic mass is 31.2. The smallest absolute Gasteiger partial charge is 0.459 e. The molecule has 0 spiro atoms. The van der Waals surface area contributed by atoms with Gasteiger partial charge in [-0.05, 0) is 36.5 Å². The fraction of sp³-hybridized carbons (Fsp3) is 0.391. The highest BCUT2D eigenvalue weighted by Crippen LogP contribution is 2.56. The van der Waals surface area contributed by atoms with Crippen LogP contribution in [0.25, 0.3) is 17.4 Å². The van der Waals surface area contributed by atoms with Crippen LogP contribution in [0.4, 0.5) is 5.95 Å². The number of nitrogens with one attached hydrogen (secondary N) is 2. The van der Waals surface area contributed by atoms with Crippen LogP contribution in [0.1, 0.15) is 26.7 Å². The maximum atomic E-state index is 13.7. The van der Waals surface area contributed by atoms with Crippen LogP contribution in [0.15, 0.2) is 47.0 Å². The van der Waals surface area contributed by atoms with Gasteiger partial charge in [0.2, 0.25) is 5.95 Å². The van der Waals surface area contributed by atoms with Gasteiger partial charge in [0.15, 0.2) is 11.2 Å². The number of aliphatic hydroxyl groups excluding tert-OH is 1. The van der Waals surface area contributed by atoms with Crippen molar-refractivity contribution in [3.63, 3.8) is 0 Å². The van der Waals surface area contributed by atoms with Crippen molar-refractivity contribution < 1.29 is 28.6 Å². The molecule has 0 amide bonds. The third kappa shape index (κ3) is 6.08. The molecule has 0 bridgehead atoms. The van der Waals surface area contributed by atoms with Gasteiger partial charge in [-0.1, -0.05) is 32.0 Å². The molecule has 2 unspecified atom stereocenters. The lowest BCUT2D eigenvalue weighted by atomic mass is 10.1. The quantitative estimate of drug-likeness (QED) is 0.215. The molecule has 0 aliphatic heterocycles. The number of H-pyrrole nitrogens is 1. The second kappa shape index (κ2) is 10.5. The van der Waals surface area contributed by atoms with Gasteiger partial charge in [-0.25, -0.2) is 9.55 Å². The lowest BCUT2D eigenvalue weighted by Gasteiger charge is -2.25. The molecule has 37 heavy (non-hydrogen) atoms. The van der Waals surface area contributed by atoms with Gasteiger partial charge in [-0.3, -0.25) is 23.7 Å². The summed E-state index contributed by atoms with van der Waals surface area (Å²) in [6, 6.07) is 7.08. The Kier molecular flexibility index (Phi) is 7.51. The second-order valence-electron chi connectivity index (χ2n) is 9.37. The Bertz CT molecular complexity index is 1420. The number of para-hydroxylation sites is 1. The number of aliphatic carboxylic acids is 1. The molecule has 2 heterocycles. The minimum Gasteiger partial charge on any atom is -0.480 e. The molecule has 1 fully saturated rings. The molecule has 14 heteroatoms. The van der Waals surface area contributed by atoms with Gasteiger partial charge in [0.05, 0.1) is 13.2 Å². The average molecular weight is 532 g/mol. The van der Waals surface area contributed by atoms with Crippen LogP contribution in [0.3, 0.4) is 0 Å². The Morgan fingerprint density at radius 3 is 2.76 bits per heavy atom. The molecular formula is C23H29N6O7P. The summed E-state index contributed by atoms with van der Waals surface area (Å²) in [5.74, 6) is -1.02. The minimum absolute atomic E-state index is 0.000383. The van der Waals surface area contributed by atoms with Crippen LogP contribution < -0.4 is 20.9 Å². The molecule has 1 saturated carbocycles. The molecule has 0 saturated heterocycles. The molecule has 1 aliphatic carbocycles. The van der Waals surface area contributed by atoms with E-state index in [-0.39, 0.29) is 48.4 Å². The normalized spacial score (nSPS) is 20.7. The van der Waals surface area contributed by atoms with E-state index in [0.717, 1.165) is 5.57 Å². The highest BCUT2D eigenvalue weighted by Gasteiger charge is 2.51. The van der Waals surface area contributed by atoms with E-state index >= 15 is 0 Å². The summed E-state index contributed by atoms with van der Waals surface area (Å²) >= 11 is 0. The summed E-state index contributed by atoms with van der Waals surface area (Å²) in [7, 11) is -4.19. The third-order valence-electron chi connectivity index (χ3n) is 5.93. The number of aromatic nitrogens is 4. The van der Waals surface area contributed by atoms with Gasteiger partial charge in [-0.2, -0.15) is 10.1 Å². The summed E-state index contributed by atoms with van der Waals surface area (Å²) in [6.45, 7) is 3.14. The molecule has 13 nitrogen and oxygen atoms in total. The van der Waals surface area contributed by atoms with Crippen molar-refractivity contribution in [2.24, 2.45) is 11.3 Å². The zero-order valence-electron chi connectivity index (χ0n) is 20.3. The largest absolute Gasteiger partial charge is 0.480 e. The maximum Gasteiger partial charge on any atom is 0.459 e. The maximum absolute atomic E-state index is 13.7. The number of imidazole rings is 1. The van der Waals surface area contributed by atoms with Gasteiger partial charge in [0.1, 0.15) is 18.1 Å². The predicted octanol–water partition coefficient (Wildman–Crippen LogP) is 2.22. The number of carboxylic acid groups (broad SMARTS) is 1. The zero-order chi connectivity index (χ0) is 26.8. The highest BCUT2D eigenvalue weighted by molar-refractivity contribution is 7.52. The number of aliphatic hydroxyl groups is 1. The van der Waals surface area contributed by atoms with Crippen molar-refractivity contribution in [2.45, 2.75) is 32.7 Å². The number of carbonyl (C=O) groups is 1. The lowest BCUT2D eigenvalue weighted by molar-refractivity contribution is -0.139. The van der Waals surface area contributed by atoms with Crippen LogP contribution >= 0.6 is 7.75 Å². The summed E-state index contributed by atoms with van der Waals surface area (Å²) in [6.07, 6.45) is 3.63. The van der Waals surface area contributed by atoms with Crippen molar-refractivity contribution in [1.29, 1.82) is 0 Å². The molecule has 0 radical (unpaired) electrons. The molecule has 4 rings (SSSR count). The fourth-order valence-corrected chi connectivity index (χ4v) is 5.44. The zero-order valence-corrected chi connectivity index (χ0v) is 21.2. The number of carboxylic acids is 1. The first-order chi connectivity index (χ1) is 17.5. The van der Waals surface area contributed by atoms with Crippen molar-refractivity contribution in [2.75, 3.05) is 18.9 Å². The topological polar surface area (TPSA) is 195 Å². The molecular weight excluding hydrogens is 503 g/mol. The standard InChI is InChI=1S/C23H29N6O7P/c1-14(2)8-17(21(32)33)28-37(34,36-16-6-4-3-5-7-16)35-12-23(11-30)9-15(23)10-29-13-25-18-19(29)26-22(24)27-20(18)31/h3-7,10,13-14,17,30H,8-9,11-12H2,1-2H3,(H,28,34)(H,32,33)(H3,24,26,27,31)/b15-10-/t17?,23-,37?/m0/s1. The van der Waals surface area contributed by atoms with E-state index in [9.17, 15) is 24.4 Å². The molecule has 2 aromatic heterocycles. The van der Waals surface area contributed by atoms with Crippen molar-refractivity contribution >= 4 is 37.0 Å². The number of anilines is 1. The third-order valence-corrected chi connectivity index (χ3v) is 7.48. The SMILES string of the molecule is CC(C)CC(NP(=O)(OC[C@@]1(CO)C/C1=C/n1cnc2c(=O)[nH]c(N)nc21)Oc1ccccc1)C(=O)O. The average Bonchev–Trinajstić information content (AvgIpc) is 3.38. The number of hydrogen-bond acceptors (Lipinski definition) is 9. The van der Waals surface area contributed by atoms with E-state index in [0.29, 0.717) is 6.42 Å². The first kappa shape index (κ1) is 26.6. The van der Waals surface area contributed by atoms with Gasteiger partial charge >= 0.3 is 13.7 Å². The number of benzene rings is 1. The second-order valence-corrected chi connectivity index (χ2v) is 11.1. The summed E-state index contributed by atoms with van der Waals surface area (Å²) < 4.78 is 26.6. The van der Waals surface area contributed by atoms with E-state index in [1.807, 2.05) is 13.8 Å². The number of fused-ring (bicyclic) bond motifs is 1. The number of nitrogens with two attached hydrogens (primary N) is 1. The van der Waals surface area contributed by atoms with E-state index in [2.05, 4.69) is 20.0 Å². The Labute approximate surface area is 211 Å². The van der Waals surface area contributed by atoms with Gasteiger partial charge in [0.25, 0.3) is 5.56 Å². The van der Waals surface area contributed by atoms with Crippen molar-refractivity contribution in [3.05, 3.63) is 52.6 Å². The van der Waals surface area contributed by atoms with Crippen LogP contribution in [-0.2, 0) is 13.9 Å². The lowest BCUT2D eigenvalue weighted by Crippen LogP contribution is -2.37. The Morgan fingerprint density at radius 1 is 1.38 bits per heavy atom. The monoisotopic (exact) mass is 532 g/mol. The van der Waals surface area contributed by atoms with Crippen LogP contribution in [0.2, 0.25) is 0 Å². The molecule has 1 aromatic carbocycles. The fourth-order valence-electron chi connectivity index (χ4n) is 3.84. The van der Waals surface area contributed by atoms with Gasteiger partial charge in [0, 0.05) is 11.6 Å². The van der Waals surface area contributed by atoms with E-state index in [4.69, 9.17) is 14.8 Å². The molecule has 1 aliphatic rings. The number of hydrogen-bond donors (Lipinski definition) is 5. The molecule has 198 valence electrons. The molecule has 3 aromatic rings. The van der Waals surface area contributed by atoms with Gasteiger partial charge < -0.3 is 20.5 Å². The first-order valence-electron chi connectivity index (χ1n) is 11.6. The van der Waals surface area contributed by atoms with E-state index < -0.39 is 30.7 Å². The Balaban J connectivity index is 1.57. The summed E-state index contributed by atoms with van der Waals surface area (Å²) in [4.78, 5) is 34.4. The molecule has 3 atom stereocenters. The minimum atomic E-state index is -4.19.